The maximum Gasteiger partial charge on any atom is 0.151 e. The number of aromatic nitrogens is 1. The van der Waals surface area contributed by atoms with Crippen LogP contribution in [-0.2, 0) is 4.84 Å². The summed E-state index contributed by atoms with van der Waals surface area (Å²) in [6.45, 7) is 1.90. The molecule has 4 nitrogen and oxygen atoms in total. The molecule has 64 valence electrons. The number of hydrogen-bond acceptors (Lipinski definition) is 3. The number of hydroxylamine groups is 1. The molecule has 0 spiro atoms. The molecule has 2 N–H and O–H groups in total. The molecule has 0 atom stereocenters. The van der Waals surface area contributed by atoms with Gasteiger partial charge in [0.15, 0.2) is 5.84 Å². The minimum Gasteiger partial charge on any atom is -0.283 e. The fourth-order valence-corrected chi connectivity index (χ4v) is 0.777. The van der Waals surface area contributed by atoms with Gasteiger partial charge in [0.05, 0.1) is 7.11 Å². The fraction of sp³-hybridized carbons (Fsp3) is 0.250. The standard InChI is InChI=1S/C8H11N3O/c1-6-3-4-7(5-10-6)8(9)11-12-2/h3-5H,1-2H3,(H2,9,11). The summed E-state index contributed by atoms with van der Waals surface area (Å²) in [5, 5.41) is 7.42. The number of pyridine rings is 1. The van der Waals surface area contributed by atoms with E-state index in [2.05, 4.69) is 15.3 Å². The summed E-state index contributed by atoms with van der Waals surface area (Å²) in [7, 11) is 1.47. The molecule has 12 heavy (non-hydrogen) atoms. The summed E-state index contributed by atoms with van der Waals surface area (Å²) < 4.78 is 0. The molecule has 1 rings (SSSR count). The van der Waals surface area contributed by atoms with Crippen LogP contribution in [0.1, 0.15) is 11.3 Å². The number of aryl methyl sites for hydroxylation is 1. The van der Waals surface area contributed by atoms with E-state index in [9.17, 15) is 0 Å². The van der Waals surface area contributed by atoms with Gasteiger partial charge in [0.1, 0.15) is 0 Å². The molecule has 0 radical (unpaired) electrons. The molecule has 0 aliphatic heterocycles. The van der Waals surface area contributed by atoms with Gasteiger partial charge >= 0.3 is 0 Å². The van der Waals surface area contributed by atoms with Crippen molar-refractivity contribution in [2.24, 2.45) is 0 Å². The van der Waals surface area contributed by atoms with Gasteiger partial charge < -0.3 is 0 Å². The molecule has 1 heterocycles. The van der Waals surface area contributed by atoms with Crippen LogP contribution in [0.5, 0.6) is 0 Å². The summed E-state index contributed by atoms with van der Waals surface area (Å²) in [6, 6.07) is 3.66. The van der Waals surface area contributed by atoms with Gasteiger partial charge in [-0.15, -0.1) is 0 Å². The Labute approximate surface area is 71.0 Å². The molecule has 0 aliphatic carbocycles. The molecule has 0 aliphatic rings. The lowest BCUT2D eigenvalue weighted by Crippen LogP contribution is -2.21. The summed E-state index contributed by atoms with van der Waals surface area (Å²) in [4.78, 5) is 8.63. The average Bonchev–Trinajstić information content (AvgIpc) is 2.06. The van der Waals surface area contributed by atoms with Gasteiger partial charge in [0.2, 0.25) is 0 Å². The van der Waals surface area contributed by atoms with Crippen LogP contribution in [0.2, 0.25) is 0 Å². The van der Waals surface area contributed by atoms with Crippen LogP contribution in [-0.4, -0.2) is 17.9 Å². The average molecular weight is 165 g/mol. The molecule has 1 aromatic heterocycles. The van der Waals surface area contributed by atoms with Crippen LogP contribution in [0, 0.1) is 12.3 Å². The second kappa shape index (κ2) is 3.82. The van der Waals surface area contributed by atoms with E-state index in [1.807, 2.05) is 19.1 Å². The monoisotopic (exact) mass is 165 g/mol. The third-order valence-electron chi connectivity index (χ3n) is 1.40. The van der Waals surface area contributed by atoms with Gasteiger partial charge in [0, 0.05) is 17.5 Å². The zero-order valence-electron chi connectivity index (χ0n) is 7.09. The number of hydrogen-bond donors (Lipinski definition) is 2. The van der Waals surface area contributed by atoms with Crippen molar-refractivity contribution in [1.82, 2.24) is 10.5 Å². The van der Waals surface area contributed by atoms with Crippen LogP contribution < -0.4 is 5.48 Å². The molecule has 1 aromatic rings. The van der Waals surface area contributed by atoms with E-state index < -0.39 is 0 Å². The lowest BCUT2D eigenvalue weighted by molar-refractivity contribution is 0.144. The van der Waals surface area contributed by atoms with E-state index in [0.29, 0.717) is 5.56 Å². The first-order chi connectivity index (χ1) is 5.74. The lowest BCUT2D eigenvalue weighted by Gasteiger charge is -2.03. The first-order valence-corrected chi connectivity index (χ1v) is 3.54. The number of amidine groups is 1. The second-order valence-electron chi connectivity index (χ2n) is 2.37. The zero-order chi connectivity index (χ0) is 8.97. The van der Waals surface area contributed by atoms with Crippen molar-refractivity contribution in [3.8, 4) is 0 Å². The van der Waals surface area contributed by atoms with E-state index in [0.717, 1.165) is 5.69 Å². The van der Waals surface area contributed by atoms with Crippen molar-refractivity contribution < 1.29 is 4.84 Å². The largest absolute Gasteiger partial charge is 0.283 e. The first kappa shape index (κ1) is 8.67. The van der Waals surface area contributed by atoms with E-state index in [1.54, 1.807) is 6.20 Å². The van der Waals surface area contributed by atoms with Crippen molar-refractivity contribution in [2.75, 3.05) is 7.11 Å². The maximum atomic E-state index is 7.42. The Morgan fingerprint density at radius 3 is 2.83 bits per heavy atom. The van der Waals surface area contributed by atoms with Crippen molar-refractivity contribution in [3.63, 3.8) is 0 Å². The van der Waals surface area contributed by atoms with E-state index >= 15 is 0 Å². The van der Waals surface area contributed by atoms with Crippen molar-refractivity contribution in [3.05, 3.63) is 29.6 Å². The zero-order valence-corrected chi connectivity index (χ0v) is 7.09. The molecule has 0 bridgehead atoms. The van der Waals surface area contributed by atoms with Crippen LogP contribution in [0.25, 0.3) is 0 Å². The Balaban J connectivity index is 2.75. The highest BCUT2D eigenvalue weighted by Crippen LogP contribution is 1.98. The van der Waals surface area contributed by atoms with Crippen LogP contribution in [0.4, 0.5) is 0 Å². The smallest absolute Gasteiger partial charge is 0.151 e. The molecule has 0 saturated carbocycles. The van der Waals surface area contributed by atoms with Crippen LogP contribution >= 0.6 is 0 Å². The van der Waals surface area contributed by atoms with Gasteiger partial charge in [-0.1, -0.05) is 0 Å². The van der Waals surface area contributed by atoms with Gasteiger partial charge in [-0.2, -0.15) is 0 Å². The molecule has 0 saturated heterocycles. The van der Waals surface area contributed by atoms with E-state index in [1.165, 1.54) is 7.11 Å². The SMILES string of the molecule is CONC(=N)c1ccc(C)nc1. The van der Waals surface area contributed by atoms with Gasteiger partial charge in [-0.25, -0.2) is 5.48 Å². The highest BCUT2D eigenvalue weighted by Gasteiger charge is 1.98. The predicted molar refractivity (Wildman–Crippen MR) is 45.9 cm³/mol. The first-order valence-electron chi connectivity index (χ1n) is 3.54. The van der Waals surface area contributed by atoms with E-state index in [4.69, 9.17) is 5.41 Å². The maximum absolute atomic E-state index is 7.42. The number of nitrogens with one attached hydrogen (secondary N) is 2. The minimum atomic E-state index is 0.213. The quantitative estimate of drug-likeness (QED) is 0.388. The Bertz CT molecular complexity index is 268. The molecule has 4 heteroatoms. The molecule has 0 amide bonds. The highest BCUT2D eigenvalue weighted by atomic mass is 16.6. The van der Waals surface area contributed by atoms with Gasteiger partial charge in [0.25, 0.3) is 0 Å². The van der Waals surface area contributed by atoms with Crippen LogP contribution in [0.15, 0.2) is 18.3 Å². The number of nitrogens with zero attached hydrogens (tertiary/aromatic N) is 1. The molecule has 0 fully saturated rings. The summed E-state index contributed by atoms with van der Waals surface area (Å²) >= 11 is 0. The summed E-state index contributed by atoms with van der Waals surface area (Å²) in [5.74, 6) is 0.213. The normalized spacial score (nSPS) is 9.50. The van der Waals surface area contributed by atoms with Crippen molar-refractivity contribution in [2.45, 2.75) is 6.92 Å². The molecular weight excluding hydrogens is 154 g/mol. The summed E-state index contributed by atoms with van der Waals surface area (Å²) in [6.07, 6.45) is 1.63. The highest BCUT2D eigenvalue weighted by molar-refractivity contribution is 5.95. The second-order valence-corrected chi connectivity index (χ2v) is 2.37. The van der Waals surface area contributed by atoms with Crippen molar-refractivity contribution in [1.29, 1.82) is 5.41 Å². The van der Waals surface area contributed by atoms with Gasteiger partial charge in [-0.3, -0.25) is 15.2 Å². The van der Waals surface area contributed by atoms with Crippen molar-refractivity contribution >= 4 is 5.84 Å². The third kappa shape index (κ3) is 2.03. The predicted octanol–water partition coefficient (Wildman–Crippen LogP) is 0.866. The molecule has 0 aromatic carbocycles. The molecular formula is C8H11N3O. The summed E-state index contributed by atoms with van der Waals surface area (Å²) in [5.41, 5.74) is 4.07. The minimum absolute atomic E-state index is 0.213. The fourth-order valence-electron chi connectivity index (χ4n) is 0.777. The lowest BCUT2D eigenvalue weighted by atomic mass is 10.2. The Morgan fingerprint density at radius 1 is 1.58 bits per heavy atom. The van der Waals surface area contributed by atoms with Crippen LogP contribution in [0.3, 0.4) is 0 Å². The Morgan fingerprint density at radius 2 is 2.33 bits per heavy atom. The topological polar surface area (TPSA) is 58.0 Å². The van der Waals surface area contributed by atoms with Gasteiger partial charge in [-0.05, 0) is 19.1 Å². The Hall–Kier alpha value is -1.42. The number of rotatable bonds is 2. The van der Waals surface area contributed by atoms with E-state index in [-0.39, 0.29) is 5.84 Å². The third-order valence-corrected chi connectivity index (χ3v) is 1.40. The Kier molecular flexibility index (Phi) is 2.76. The molecule has 0 unspecified atom stereocenters.